The van der Waals surface area contributed by atoms with E-state index >= 15 is 0 Å². The Morgan fingerprint density at radius 3 is 2.83 bits per heavy atom. The molecule has 1 unspecified atom stereocenters. The summed E-state index contributed by atoms with van der Waals surface area (Å²) in [4.78, 5) is 11.3. The van der Waals surface area contributed by atoms with Gasteiger partial charge in [0.05, 0.1) is 6.61 Å². The van der Waals surface area contributed by atoms with Crippen LogP contribution in [0.1, 0.15) is 13.3 Å². The standard InChI is InChI=1S/C7H15N2O2P/c1-4-11-12-8(2)6-5-7(10)9(12)3/h4-6H2,1-3H3. The minimum atomic E-state index is -0.816. The van der Waals surface area contributed by atoms with Gasteiger partial charge in [-0.2, -0.15) is 0 Å². The maximum absolute atomic E-state index is 11.3. The Kier molecular flexibility index (Phi) is 3.44. The van der Waals surface area contributed by atoms with E-state index in [1.54, 1.807) is 11.7 Å². The zero-order chi connectivity index (χ0) is 9.14. The molecule has 70 valence electrons. The van der Waals surface area contributed by atoms with Crippen LogP contribution in [0.4, 0.5) is 0 Å². The lowest BCUT2D eigenvalue weighted by Gasteiger charge is -2.37. The molecule has 1 amide bonds. The molecule has 5 heteroatoms. The maximum atomic E-state index is 11.3. The minimum Gasteiger partial charge on any atom is -0.327 e. The lowest BCUT2D eigenvalue weighted by molar-refractivity contribution is -0.127. The van der Waals surface area contributed by atoms with E-state index in [1.807, 2.05) is 14.0 Å². The first kappa shape index (κ1) is 9.90. The molecular formula is C7H15N2O2P. The summed E-state index contributed by atoms with van der Waals surface area (Å²) in [6.07, 6.45) is 0.610. The van der Waals surface area contributed by atoms with Gasteiger partial charge >= 0.3 is 0 Å². The number of amides is 1. The Morgan fingerprint density at radius 2 is 2.25 bits per heavy atom. The Balaban J connectivity index is 2.58. The molecule has 1 aliphatic rings. The van der Waals surface area contributed by atoms with Gasteiger partial charge in [0.1, 0.15) is 0 Å². The van der Waals surface area contributed by atoms with Crippen molar-refractivity contribution in [1.29, 1.82) is 0 Å². The van der Waals surface area contributed by atoms with Crippen LogP contribution in [0.5, 0.6) is 0 Å². The summed E-state index contributed by atoms with van der Waals surface area (Å²) in [6.45, 7) is 3.42. The topological polar surface area (TPSA) is 32.8 Å². The van der Waals surface area contributed by atoms with E-state index in [4.69, 9.17) is 4.52 Å². The summed E-state index contributed by atoms with van der Waals surface area (Å²) < 4.78 is 9.28. The molecule has 0 aromatic carbocycles. The lowest BCUT2D eigenvalue weighted by Crippen LogP contribution is -2.37. The van der Waals surface area contributed by atoms with Crippen LogP contribution in [-0.2, 0) is 9.32 Å². The van der Waals surface area contributed by atoms with Crippen LogP contribution in [0.25, 0.3) is 0 Å². The number of carbonyl (C=O) groups is 1. The third kappa shape index (κ3) is 1.94. The molecule has 4 nitrogen and oxygen atoms in total. The summed E-state index contributed by atoms with van der Waals surface area (Å²) in [7, 11) is 2.98. The first-order valence-electron chi connectivity index (χ1n) is 4.07. The van der Waals surface area contributed by atoms with Crippen LogP contribution in [0.3, 0.4) is 0 Å². The van der Waals surface area contributed by atoms with Crippen LogP contribution in [0, 0.1) is 0 Å². The van der Waals surface area contributed by atoms with Gasteiger partial charge in [0.25, 0.3) is 0 Å². The van der Waals surface area contributed by atoms with Crippen molar-refractivity contribution >= 4 is 14.4 Å². The molecular weight excluding hydrogens is 175 g/mol. The second-order valence-electron chi connectivity index (χ2n) is 2.72. The van der Waals surface area contributed by atoms with Gasteiger partial charge in [0.15, 0.2) is 0 Å². The quantitative estimate of drug-likeness (QED) is 0.610. The SMILES string of the molecule is CCOP1N(C)CCC(=O)N1C. The fourth-order valence-corrected chi connectivity index (χ4v) is 2.75. The molecule has 0 aromatic rings. The van der Waals surface area contributed by atoms with Gasteiger partial charge in [-0.05, 0) is 14.0 Å². The van der Waals surface area contributed by atoms with Gasteiger partial charge in [0, 0.05) is 20.0 Å². The van der Waals surface area contributed by atoms with Crippen molar-refractivity contribution in [2.24, 2.45) is 0 Å². The zero-order valence-electron chi connectivity index (χ0n) is 7.78. The largest absolute Gasteiger partial charge is 0.327 e. The number of rotatable bonds is 2. The van der Waals surface area contributed by atoms with E-state index in [0.717, 1.165) is 6.54 Å². The number of nitrogens with zero attached hydrogens (tertiary/aromatic N) is 2. The first-order valence-corrected chi connectivity index (χ1v) is 5.24. The van der Waals surface area contributed by atoms with E-state index in [0.29, 0.717) is 13.0 Å². The predicted molar refractivity (Wildman–Crippen MR) is 48.6 cm³/mol. The summed E-state index contributed by atoms with van der Waals surface area (Å²) in [5, 5.41) is 0. The predicted octanol–water partition coefficient (Wildman–Crippen LogP) is 1.04. The van der Waals surface area contributed by atoms with E-state index in [-0.39, 0.29) is 5.91 Å². The molecule has 12 heavy (non-hydrogen) atoms. The van der Waals surface area contributed by atoms with Crippen LogP contribution >= 0.6 is 8.45 Å². The van der Waals surface area contributed by atoms with Gasteiger partial charge in [-0.15, -0.1) is 0 Å². The molecule has 1 heterocycles. The highest BCUT2D eigenvalue weighted by atomic mass is 31.2. The molecule has 0 bridgehead atoms. The van der Waals surface area contributed by atoms with Crippen molar-refractivity contribution in [1.82, 2.24) is 9.34 Å². The van der Waals surface area contributed by atoms with Crippen molar-refractivity contribution in [3.8, 4) is 0 Å². The van der Waals surface area contributed by atoms with Crippen LogP contribution in [0.2, 0.25) is 0 Å². The number of carbonyl (C=O) groups excluding carboxylic acids is 1. The molecule has 1 rings (SSSR count). The Bertz CT molecular complexity index is 177. The smallest absolute Gasteiger partial charge is 0.229 e. The van der Waals surface area contributed by atoms with Gasteiger partial charge < -0.3 is 4.52 Å². The molecule has 0 spiro atoms. The molecule has 1 aliphatic heterocycles. The molecule has 0 radical (unpaired) electrons. The molecule has 0 saturated carbocycles. The van der Waals surface area contributed by atoms with Gasteiger partial charge in [-0.1, -0.05) is 0 Å². The van der Waals surface area contributed by atoms with Crippen molar-refractivity contribution in [3.63, 3.8) is 0 Å². The van der Waals surface area contributed by atoms with E-state index in [1.165, 1.54) is 0 Å². The Hall–Kier alpha value is -0.180. The van der Waals surface area contributed by atoms with Crippen molar-refractivity contribution in [3.05, 3.63) is 0 Å². The monoisotopic (exact) mass is 190 g/mol. The molecule has 1 saturated heterocycles. The highest BCUT2D eigenvalue weighted by Crippen LogP contribution is 2.45. The highest BCUT2D eigenvalue weighted by Gasteiger charge is 2.30. The van der Waals surface area contributed by atoms with E-state index in [2.05, 4.69) is 4.67 Å². The molecule has 0 N–H and O–H groups in total. The van der Waals surface area contributed by atoms with E-state index < -0.39 is 8.45 Å². The Labute approximate surface area is 74.4 Å². The van der Waals surface area contributed by atoms with Gasteiger partial charge in [-0.25, -0.2) is 4.67 Å². The molecule has 1 fully saturated rings. The first-order chi connectivity index (χ1) is 5.66. The third-order valence-corrected chi connectivity index (χ3v) is 3.81. The molecule has 1 atom stereocenters. The summed E-state index contributed by atoms with van der Waals surface area (Å²) >= 11 is 0. The second kappa shape index (κ2) is 4.17. The van der Waals surface area contributed by atoms with E-state index in [9.17, 15) is 4.79 Å². The zero-order valence-corrected chi connectivity index (χ0v) is 8.67. The highest BCUT2D eigenvalue weighted by molar-refractivity contribution is 7.48. The molecule has 0 aliphatic carbocycles. The van der Waals surface area contributed by atoms with Gasteiger partial charge in [0.2, 0.25) is 14.4 Å². The lowest BCUT2D eigenvalue weighted by atomic mass is 10.4. The number of hydrogen-bond acceptors (Lipinski definition) is 3. The average molecular weight is 190 g/mol. The molecule has 0 aromatic heterocycles. The second-order valence-corrected chi connectivity index (χ2v) is 4.77. The summed E-state index contributed by atoms with van der Waals surface area (Å²) in [6, 6.07) is 0. The third-order valence-electron chi connectivity index (χ3n) is 1.80. The average Bonchev–Trinajstić information content (AvgIpc) is 2.06. The van der Waals surface area contributed by atoms with Crippen LogP contribution in [-0.4, -0.2) is 42.5 Å². The van der Waals surface area contributed by atoms with Crippen molar-refractivity contribution < 1.29 is 9.32 Å². The van der Waals surface area contributed by atoms with Crippen LogP contribution < -0.4 is 0 Å². The normalized spacial score (nSPS) is 26.4. The Morgan fingerprint density at radius 1 is 1.58 bits per heavy atom. The van der Waals surface area contributed by atoms with Crippen LogP contribution in [0.15, 0.2) is 0 Å². The summed E-state index contributed by atoms with van der Waals surface area (Å²) in [5.41, 5.74) is 0. The maximum Gasteiger partial charge on any atom is 0.229 e. The van der Waals surface area contributed by atoms with Gasteiger partial charge in [-0.3, -0.25) is 9.46 Å². The fraction of sp³-hybridized carbons (Fsp3) is 0.857. The fourth-order valence-electron chi connectivity index (χ4n) is 1.13. The summed E-state index contributed by atoms with van der Waals surface area (Å²) in [5.74, 6) is 0.188. The minimum absolute atomic E-state index is 0.188. The number of hydrogen-bond donors (Lipinski definition) is 0. The van der Waals surface area contributed by atoms with Crippen molar-refractivity contribution in [2.45, 2.75) is 13.3 Å². The van der Waals surface area contributed by atoms with Crippen molar-refractivity contribution in [2.75, 3.05) is 27.2 Å².